The van der Waals surface area contributed by atoms with Crippen LogP contribution in [0.15, 0.2) is 24.3 Å². The zero-order valence-corrected chi connectivity index (χ0v) is 14.2. The molecule has 5 nitrogen and oxygen atoms in total. The van der Waals surface area contributed by atoms with Gasteiger partial charge < -0.3 is 14.7 Å². The van der Waals surface area contributed by atoms with Crippen molar-refractivity contribution >= 4 is 34.0 Å². The first-order chi connectivity index (χ1) is 11.1. The lowest BCUT2D eigenvalue weighted by Gasteiger charge is -2.26. The Morgan fingerprint density at radius 1 is 1.35 bits per heavy atom. The number of nitrogens with zero attached hydrogens (tertiary/aromatic N) is 2. The van der Waals surface area contributed by atoms with Gasteiger partial charge in [0.2, 0.25) is 0 Å². The van der Waals surface area contributed by atoms with Crippen molar-refractivity contribution in [1.82, 2.24) is 4.98 Å². The van der Waals surface area contributed by atoms with E-state index in [1.54, 1.807) is 0 Å². The number of ether oxygens (including phenoxy) is 1. The Morgan fingerprint density at radius 2 is 2.00 bits per heavy atom. The van der Waals surface area contributed by atoms with Crippen LogP contribution < -0.4 is 4.90 Å². The Labute approximate surface area is 143 Å². The molecule has 0 spiro atoms. The van der Waals surface area contributed by atoms with E-state index in [0.29, 0.717) is 28.8 Å². The summed E-state index contributed by atoms with van der Waals surface area (Å²) in [6, 6.07) is 7.44. The van der Waals surface area contributed by atoms with Gasteiger partial charge in [0.25, 0.3) is 0 Å². The van der Waals surface area contributed by atoms with Gasteiger partial charge in [0.1, 0.15) is 4.88 Å². The molecular weight excluding hydrogens is 336 g/mol. The van der Waals surface area contributed by atoms with E-state index in [0.717, 1.165) is 23.8 Å². The van der Waals surface area contributed by atoms with Crippen LogP contribution in [0.5, 0.6) is 0 Å². The third kappa shape index (κ3) is 3.49. The summed E-state index contributed by atoms with van der Waals surface area (Å²) in [5.74, 6) is -1.04. The van der Waals surface area contributed by atoms with Crippen molar-refractivity contribution in [3.63, 3.8) is 0 Å². The molecule has 1 unspecified atom stereocenters. The maximum Gasteiger partial charge on any atom is 0.347 e. The first-order valence-corrected chi connectivity index (χ1v) is 8.58. The summed E-state index contributed by atoms with van der Waals surface area (Å²) in [6.45, 7) is 4.73. The molecule has 0 saturated carbocycles. The highest BCUT2D eigenvalue weighted by atomic mass is 35.5. The number of carboxylic acids is 1. The summed E-state index contributed by atoms with van der Waals surface area (Å²) in [6.07, 6.45) is 0. The third-order valence-corrected chi connectivity index (χ3v) is 5.27. The van der Waals surface area contributed by atoms with Gasteiger partial charge >= 0.3 is 5.97 Å². The third-order valence-electron chi connectivity index (χ3n) is 3.90. The minimum Gasteiger partial charge on any atom is -0.477 e. The van der Waals surface area contributed by atoms with Crippen molar-refractivity contribution < 1.29 is 14.6 Å². The Morgan fingerprint density at radius 3 is 2.61 bits per heavy atom. The molecule has 0 amide bonds. The van der Waals surface area contributed by atoms with Crippen LogP contribution in [0.3, 0.4) is 0 Å². The fraction of sp³-hybridized carbons (Fsp3) is 0.375. The molecule has 2 heterocycles. The van der Waals surface area contributed by atoms with E-state index < -0.39 is 5.97 Å². The fourth-order valence-electron chi connectivity index (χ4n) is 2.57. The molecule has 122 valence electrons. The number of halogens is 1. The van der Waals surface area contributed by atoms with Crippen molar-refractivity contribution in [3.8, 4) is 0 Å². The molecular formula is C16H17ClN2O3S. The molecule has 0 aliphatic carbocycles. The molecule has 1 aromatic carbocycles. The number of rotatable bonds is 4. The Hall–Kier alpha value is -1.63. The van der Waals surface area contributed by atoms with Crippen LogP contribution >= 0.6 is 22.9 Å². The number of carbonyl (C=O) groups is 1. The molecule has 1 aromatic heterocycles. The first kappa shape index (κ1) is 16.2. The van der Waals surface area contributed by atoms with E-state index in [2.05, 4.69) is 9.88 Å². The molecule has 1 N–H and O–H groups in total. The number of aromatic nitrogens is 1. The highest BCUT2D eigenvalue weighted by Gasteiger charge is 2.25. The zero-order chi connectivity index (χ0) is 16.4. The Bertz CT molecular complexity index is 696. The van der Waals surface area contributed by atoms with Crippen molar-refractivity contribution in [1.29, 1.82) is 0 Å². The van der Waals surface area contributed by atoms with E-state index in [1.165, 1.54) is 11.3 Å². The zero-order valence-electron chi connectivity index (χ0n) is 12.7. The topological polar surface area (TPSA) is 62.7 Å². The van der Waals surface area contributed by atoms with Crippen LogP contribution in [0.1, 0.15) is 33.8 Å². The van der Waals surface area contributed by atoms with Gasteiger partial charge in [-0.25, -0.2) is 9.78 Å². The molecule has 1 fully saturated rings. The molecule has 1 aliphatic heterocycles. The molecule has 3 rings (SSSR count). The van der Waals surface area contributed by atoms with Crippen molar-refractivity contribution in [2.24, 2.45) is 0 Å². The summed E-state index contributed by atoms with van der Waals surface area (Å²) < 4.78 is 5.34. The summed E-state index contributed by atoms with van der Waals surface area (Å²) >= 11 is 7.16. The second kappa shape index (κ2) is 6.86. The molecule has 7 heteroatoms. The molecule has 0 bridgehead atoms. The van der Waals surface area contributed by atoms with Crippen molar-refractivity contribution in [2.75, 3.05) is 31.2 Å². The smallest absolute Gasteiger partial charge is 0.347 e. The maximum absolute atomic E-state index is 11.6. The van der Waals surface area contributed by atoms with Gasteiger partial charge in [-0.05, 0) is 17.7 Å². The van der Waals surface area contributed by atoms with Gasteiger partial charge in [-0.1, -0.05) is 42.0 Å². The van der Waals surface area contributed by atoms with E-state index in [9.17, 15) is 9.90 Å². The van der Waals surface area contributed by atoms with Crippen molar-refractivity contribution in [3.05, 3.63) is 45.4 Å². The number of carboxylic acid groups (broad SMARTS) is 1. The minimum absolute atomic E-state index is 0.107. The second-order valence-electron chi connectivity index (χ2n) is 5.39. The molecule has 1 saturated heterocycles. The summed E-state index contributed by atoms with van der Waals surface area (Å²) in [5.41, 5.74) is 1.60. The Balaban J connectivity index is 1.94. The second-order valence-corrected chi connectivity index (χ2v) is 6.80. The van der Waals surface area contributed by atoms with Crippen LogP contribution in [-0.4, -0.2) is 42.4 Å². The molecule has 23 heavy (non-hydrogen) atoms. The highest BCUT2D eigenvalue weighted by molar-refractivity contribution is 7.17. The number of aromatic carboxylic acids is 1. The van der Waals surface area contributed by atoms with E-state index in [1.807, 2.05) is 31.2 Å². The SMILES string of the molecule is CC(c1ccc(Cl)cc1)c1nc(N2CCOCC2)sc1C(=O)O. The quantitative estimate of drug-likeness (QED) is 0.912. The fourth-order valence-corrected chi connectivity index (χ4v) is 3.74. The molecule has 0 radical (unpaired) electrons. The highest BCUT2D eigenvalue weighted by Crippen LogP contribution is 2.34. The number of benzene rings is 1. The van der Waals surface area contributed by atoms with E-state index >= 15 is 0 Å². The maximum atomic E-state index is 11.6. The average molecular weight is 353 g/mol. The van der Waals surface area contributed by atoms with Gasteiger partial charge in [-0.3, -0.25) is 0 Å². The van der Waals surface area contributed by atoms with Gasteiger partial charge in [-0.15, -0.1) is 0 Å². The van der Waals surface area contributed by atoms with Crippen molar-refractivity contribution in [2.45, 2.75) is 12.8 Å². The monoisotopic (exact) mass is 352 g/mol. The summed E-state index contributed by atoms with van der Waals surface area (Å²) in [7, 11) is 0. The number of morpholine rings is 1. The molecule has 1 aliphatic rings. The number of hydrogen-bond donors (Lipinski definition) is 1. The largest absolute Gasteiger partial charge is 0.477 e. The normalized spacial score (nSPS) is 16.3. The lowest BCUT2D eigenvalue weighted by atomic mass is 9.97. The lowest BCUT2D eigenvalue weighted by Crippen LogP contribution is -2.36. The van der Waals surface area contributed by atoms with Gasteiger partial charge in [-0.2, -0.15) is 0 Å². The van der Waals surface area contributed by atoms with Gasteiger partial charge in [0.05, 0.1) is 18.9 Å². The Kier molecular flexibility index (Phi) is 4.84. The van der Waals surface area contributed by atoms with Gasteiger partial charge in [0, 0.05) is 24.0 Å². The van der Waals surface area contributed by atoms with Crippen LogP contribution in [0.2, 0.25) is 5.02 Å². The van der Waals surface area contributed by atoms with Crippen LogP contribution in [0, 0.1) is 0 Å². The predicted molar refractivity (Wildman–Crippen MR) is 91.1 cm³/mol. The van der Waals surface area contributed by atoms with E-state index in [-0.39, 0.29) is 5.92 Å². The van der Waals surface area contributed by atoms with Crippen LogP contribution in [0.4, 0.5) is 5.13 Å². The predicted octanol–water partition coefficient (Wildman–Crippen LogP) is 3.48. The number of hydrogen-bond acceptors (Lipinski definition) is 5. The molecule has 2 aromatic rings. The summed E-state index contributed by atoms with van der Waals surface area (Å²) in [4.78, 5) is 18.6. The van der Waals surface area contributed by atoms with E-state index in [4.69, 9.17) is 16.3 Å². The lowest BCUT2D eigenvalue weighted by molar-refractivity contribution is 0.0700. The number of thiazole rings is 1. The standard InChI is InChI=1S/C16H17ClN2O3S/c1-10(11-2-4-12(17)5-3-11)13-14(15(20)21)23-16(18-13)19-6-8-22-9-7-19/h2-5,10H,6-9H2,1H3,(H,20,21). The first-order valence-electron chi connectivity index (χ1n) is 7.38. The molecule has 1 atom stereocenters. The van der Waals surface area contributed by atoms with Crippen LogP contribution in [0.25, 0.3) is 0 Å². The minimum atomic E-state index is -0.933. The average Bonchev–Trinajstić information content (AvgIpc) is 3.01. The van der Waals surface area contributed by atoms with Gasteiger partial charge in [0.15, 0.2) is 5.13 Å². The summed E-state index contributed by atoms with van der Waals surface area (Å²) in [5, 5.41) is 10.9. The number of anilines is 1. The van der Waals surface area contributed by atoms with Crippen LogP contribution in [-0.2, 0) is 4.74 Å².